The zero-order valence-corrected chi connectivity index (χ0v) is 18.5. The van der Waals surface area contributed by atoms with Crippen molar-refractivity contribution < 1.29 is 9.26 Å². The Balaban J connectivity index is 1.28. The monoisotopic (exact) mass is 413 g/mol. The van der Waals surface area contributed by atoms with Crippen molar-refractivity contribution in [3.63, 3.8) is 0 Å². The van der Waals surface area contributed by atoms with Gasteiger partial charge < -0.3 is 9.26 Å². The molecule has 2 aromatic heterocycles. The second-order valence-corrected chi connectivity index (χ2v) is 9.64. The first kappa shape index (κ1) is 20.2. The molecule has 3 aliphatic rings. The van der Waals surface area contributed by atoms with Crippen LogP contribution < -0.4 is 0 Å². The van der Waals surface area contributed by atoms with Gasteiger partial charge >= 0.3 is 0 Å². The summed E-state index contributed by atoms with van der Waals surface area (Å²) in [5.41, 5.74) is 2.60. The van der Waals surface area contributed by atoms with Crippen molar-refractivity contribution in [2.24, 2.45) is 5.92 Å². The molecule has 0 atom stereocenters. The summed E-state index contributed by atoms with van der Waals surface area (Å²) in [6, 6.07) is 0. The SMILES string of the molecule is CCn1cc(CN2CCC(CC3CC3)(c3noc(C4CCOCC4)n3)CC2)c(C)n1. The van der Waals surface area contributed by atoms with Crippen molar-refractivity contribution in [3.05, 3.63) is 29.2 Å². The fraction of sp³-hybridized carbons (Fsp3) is 0.783. The van der Waals surface area contributed by atoms with Crippen LogP contribution >= 0.6 is 0 Å². The Morgan fingerprint density at radius 3 is 2.57 bits per heavy atom. The summed E-state index contributed by atoms with van der Waals surface area (Å²) >= 11 is 0. The minimum absolute atomic E-state index is 0.0905. The fourth-order valence-electron chi connectivity index (χ4n) is 5.21. The lowest BCUT2D eigenvalue weighted by Crippen LogP contribution is -2.43. The third kappa shape index (κ3) is 4.19. The van der Waals surface area contributed by atoms with Crippen LogP contribution in [0.5, 0.6) is 0 Å². The van der Waals surface area contributed by atoms with Crippen molar-refractivity contribution in [2.45, 2.75) is 83.2 Å². The maximum absolute atomic E-state index is 5.80. The maximum atomic E-state index is 5.80. The van der Waals surface area contributed by atoms with Gasteiger partial charge in [0, 0.05) is 49.4 Å². The van der Waals surface area contributed by atoms with Crippen molar-refractivity contribution in [2.75, 3.05) is 26.3 Å². The van der Waals surface area contributed by atoms with E-state index in [1.165, 1.54) is 24.8 Å². The lowest BCUT2D eigenvalue weighted by molar-refractivity contribution is 0.0778. The summed E-state index contributed by atoms with van der Waals surface area (Å²) in [7, 11) is 0. The van der Waals surface area contributed by atoms with E-state index in [9.17, 15) is 0 Å². The summed E-state index contributed by atoms with van der Waals surface area (Å²) in [5, 5.41) is 9.16. The van der Waals surface area contributed by atoms with E-state index in [4.69, 9.17) is 14.2 Å². The highest BCUT2D eigenvalue weighted by atomic mass is 16.5. The highest BCUT2D eigenvalue weighted by Crippen LogP contribution is 2.47. The topological polar surface area (TPSA) is 69.2 Å². The Morgan fingerprint density at radius 1 is 1.13 bits per heavy atom. The molecule has 7 heteroatoms. The molecule has 30 heavy (non-hydrogen) atoms. The lowest BCUT2D eigenvalue weighted by Gasteiger charge is -2.40. The van der Waals surface area contributed by atoms with Crippen LogP contribution in [0.1, 0.15) is 80.8 Å². The van der Waals surface area contributed by atoms with Crippen molar-refractivity contribution >= 4 is 0 Å². The number of aryl methyl sites for hydroxylation is 2. The zero-order chi connectivity index (χ0) is 20.6. The quantitative estimate of drug-likeness (QED) is 0.687. The van der Waals surface area contributed by atoms with Gasteiger partial charge in [0.1, 0.15) is 0 Å². The van der Waals surface area contributed by atoms with Gasteiger partial charge in [-0.05, 0) is 65.0 Å². The molecule has 7 nitrogen and oxygen atoms in total. The molecule has 0 aromatic carbocycles. The maximum Gasteiger partial charge on any atom is 0.229 e. The summed E-state index contributed by atoms with van der Waals surface area (Å²) in [6.45, 7) is 9.97. The largest absolute Gasteiger partial charge is 0.381 e. The smallest absolute Gasteiger partial charge is 0.229 e. The van der Waals surface area contributed by atoms with Crippen LogP contribution in [0.2, 0.25) is 0 Å². The minimum Gasteiger partial charge on any atom is -0.381 e. The van der Waals surface area contributed by atoms with Gasteiger partial charge in [-0.25, -0.2) is 0 Å². The second kappa shape index (κ2) is 8.42. The summed E-state index contributed by atoms with van der Waals surface area (Å²) in [6.07, 6.45) is 10.4. The van der Waals surface area contributed by atoms with Crippen LogP contribution in [0.3, 0.4) is 0 Å². The normalized spacial score (nSPS) is 23.1. The van der Waals surface area contributed by atoms with E-state index >= 15 is 0 Å². The molecular formula is C23H35N5O2. The number of aromatic nitrogens is 4. The summed E-state index contributed by atoms with van der Waals surface area (Å²) < 4.78 is 13.3. The Kier molecular flexibility index (Phi) is 5.67. The molecule has 1 aliphatic carbocycles. The standard InChI is InChI=1S/C23H35N5O2/c1-3-28-16-20(17(2)25-28)15-27-10-8-23(9-11-27,14-18-4-5-18)22-24-21(30-26-22)19-6-12-29-13-7-19/h16,18-19H,3-15H2,1-2H3. The van der Waals surface area contributed by atoms with Gasteiger partial charge in [-0.15, -0.1) is 0 Å². The molecule has 2 saturated heterocycles. The van der Waals surface area contributed by atoms with Gasteiger partial charge in [0.15, 0.2) is 5.82 Å². The average Bonchev–Trinajstić information content (AvgIpc) is 3.31. The lowest BCUT2D eigenvalue weighted by atomic mass is 9.73. The molecule has 5 rings (SSSR count). The number of ether oxygens (including phenoxy) is 1. The molecule has 4 heterocycles. The van der Waals surface area contributed by atoms with Crippen LogP contribution in [-0.4, -0.2) is 51.1 Å². The van der Waals surface area contributed by atoms with E-state index in [-0.39, 0.29) is 5.41 Å². The number of nitrogens with zero attached hydrogens (tertiary/aromatic N) is 5. The molecule has 3 fully saturated rings. The number of hydrogen-bond donors (Lipinski definition) is 0. The molecule has 164 valence electrons. The third-order valence-electron chi connectivity index (χ3n) is 7.44. The Hall–Kier alpha value is -1.73. The minimum atomic E-state index is 0.0905. The number of piperidine rings is 1. The van der Waals surface area contributed by atoms with Gasteiger partial charge in [-0.1, -0.05) is 18.0 Å². The van der Waals surface area contributed by atoms with Crippen LogP contribution in [0, 0.1) is 12.8 Å². The number of hydrogen-bond acceptors (Lipinski definition) is 6. The summed E-state index contributed by atoms with van der Waals surface area (Å²) in [5.74, 6) is 3.04. The highest BCUT2D eigenvalue weighted by molar-refractivity contribution is 5.17. The van der Waals surface area contributed by atoms with Crippen LogP contribution in [0.4, 0.5) is 0 Å². The molecular weight excluding hydrogens is 378 g/mol. The van der Waals surface area contributed by atoms with Crippen molar-refractivity contribution in [1.82, 2.24) is 24.8 Å². The van der Waals surface area contributed by atoms with Gasteiger partial charge in [0.05, 0.1) is 5.69 Å². The van der Waals surface area contributed by atoms with E-state index in [1.807, 2.05) is 4.68 Å². The zero-order valence-electron chi connectivity index (χ0n) is 18.5. The van der Waals surface area contributed by atoms with Crippen LogP contribution in [-0.2, 0) is 23.2 Å². The first-order valence-electron chi connectivity index (χ1n) is 11.8. The third-order valence-corrected chi connectivity index (χ3v) is 7.44. The average molecular weight is 414 g/mol. The predicted octanol–water partition coefficient (Wildman–Crippen LogP) is 3.82. The second-order valence-electron chi connectivity index (χ2n) is 9.64. The van der Waals surface area contributed by atoms with Crippen LogP contribution in [0.15, 0.2) is 10.7 Å². The molecule has 2 aliphatic heterocycles. The Morgan fingerprint density at radius 2 is 1.90 bits per heavy atom. The summed E-state index contributed by atoms with van der Waals surface area (Å²) in [4.78, 5) is 7.56. The molecule has 0 unspecified atom stereocenters. The number of rotatable bonds is 7. The Bertz CT molecular complexity index is 842. The fourth-order valence-corrected chi connectivity index (χ4v) is 5.21. The van der Waals surface area contributed by atoms with E-state index in [2.05, 4.69) is 35.2 Å². The van der Waals surface area contributed by atoms with E-state index in [0.29, 0.717) is 5.92 Å². The molecule has 1 saturated carbocycles. The van der Waals surface area contributed by atoms with E-state index < -0.39 is 0 Å². The molecule has 0 amide bonds. The number of likely N-dealkylation sites (tertiary alicyclic amines) is 1. The van der Waals surface area contributed by atoms with Gasteiger partial charge in [0.25, 0.3) is 0 Å². The van der Waals surface area contributed by atoms with E-state index in [1.54, 1.807) is 0 Å². The molecule has 2 aromatic rings. The first-order valence-corrected chi connectivity index (χ1v) is 11.8. The van der Waals surface area contributed by atoms with Gasteiger partial charge in [0.2, 0.25) is 5.89 Å². The molecule has 0 N–H and O–H groups in total. The molecule has 0 spiro atoms. The van der Waals surface area contributed by atoms with Crippen LogP contribution in [0.25, 0.3) is 0 Å². The van der Waals surface area contributed by atoms with Gasteiger partial charge in [-0.2, -0.15) is 10.1 Å². The predicted molar refractivity (Wildman–Crippen MR) is 113 cm³/mol. The van der Waals surface area contributed by atoms with Crippen molar-refractivity contribution in [1.29, 1.82) is 0 Å². The Labute approximate surface area is 179 Å². The van der Waals surface area contributed by atoms with Gasteiger partial charge in [-0.3, -0.25) is 9.58 Å². The highest BCUT2D eigenvalue weighted by Gasteiger charge is 2.44. The first-order chi connectivity index (χ1) is 14.6. The molecule has 0 bridgehead atoms. The molecule has 0 radical (unpaired) electrons. The van der Waals surface area contributed by atoms with E-state index in [0.717, 1.165) is 88.4 Å². The van der Waals surface area contributed by atoms with Crippen molar-refractivity contribution in [3.8, 4) is 0 Å².